The second-order valence-corrected chi connectivity index (χ2v) is 4.96. The SMILES string of the molecule is Cc1cc(Cl)c(F)c(C2CCNCC2)c1C. The topological polar surface area (TPSA) is 12.0 Å². The fraction of sp³-hybridized carbons (Fsp3) is 0.538. The van der Waals surface area contributed by atoms with Crippen LogP contribution >= 0.6 is 11.6 Å². The lowest BCUT2D eigenvalue weighted by atomic mass is 9.85. The van der Waals surface area contributed by atoms with Crippen LogP contribution < -0.4 is 5.32 Å². The van der Waals surface area contributed by atoms with Gasteiger partial charge in [-0.15, -0.1) is 0 Å². The van der Waals surface area contributed by atoms with Crippen molar-refractivity contribution in [1.29, 1.82) is 0 Å². The zero-order valence-corrected chi connectivity index (χ0v) is 10.5. The summed E-state index contributed by atoms with van der Waals surface area (Å²) in [5, 5.41) is 3.56. The molecule has 2 rings (SSSR count). The van der Waals surface area contributed by atoms with Crippen LogP contribution in [0.1, 0.15) is 35.4 Å². The van der Waals surface area contributed by atoms with E-state index in [1.807, 2.05) is 13.8 Å². The molecule has 3 heteroatoms. The molecule has 16 heavy (non-hydrogen) atoms. The van der Waals surface area contributed by atoms with Gasteiger partial charge in [-0.2, -0.15) is 0 Å². The summed E-state index contributed by atoms with van der Waals surface area (Å²) in [6.07, 6.45) is 2.00. The number of benzene rings is 1. The predicted octanol–water partition coefficient (Wildman–Crippen LogP) is 3.56. The molecule has 0 amide bonds. The molecular formula is C13H17ClFN. The van der Waals surface area contributed by atoms with Crippen molar-refractivity contribution in [3.05, 3.63) is 33.6 Å². The first-order valence-electron chi connectivity index (χ1n) is 5.77. The summed E-state index contributed by atoms with van der Waals surface area (Å²) in [6, 6.07) is 1.72. The molecule has 1 heterocycles. The summed E-state index contributed by atoms with van der Waals surface area (Å²) < 4.78 is 14.1. The summed E-state index contributed by atoms with van der Waals surface area (Å²) in [6.45, 7) is 5.92. The Labute approximate surface area is 101 Å². The number of rotatable bonds is 1. The first-order chi connectivity index (χ1) is 7.61. The fourth-order valence-corrected chi connectivity index (χ4v) is 2.73. The highest BCUT2D eigenvalue weighted by Gasteiger charge is 2.23. The van der Waals surface area contributed by atoms with Gasteiger partial charge in [0.1, 0.15) is 5.82 Å². The summed E-state index contributed by atoms with van der Waals surface area (Å²) in [7, 11) is 0. The zero-order chi connectivity index (χ0) is 11.7. The van der Waals surface area contributed by atoms with E-state index in [2.05, 4.69) is 5.32 Å². The van der Waals surface area contributed by atoms with E-state index in [1.165, 1.54) is 0 Å². The van der Waals surface area contributed by atoms with Crippen molar-refractivity contribution in [3.63, 3.8) is 0 Å². The monoisotopic (exact) mass is 241 g/mol. The lowest BCUT2D eigenvalue weighted by Crippen LogP contribution is -2.27. The van der Waals surface area contributed by atoms with Gasteiger partial charge in [0.15, 0.2) is 0 Å². The Hall–Kier alpha value is -0.600. The molecule has 0 bridgehead atoms. The molecular weight excluding hydrogens is 225 g/mol. The van der Waals surface area contributed by atoms with E-state index in [0.717, 1.165) is 42.6 Å². The van der Waals surface area contributed by atoms with E-state index in [0.29, 0.717) is 5.92 Å². The molecule has 0 radical (unpaired) electrons. The molecule has 0 aromatic heterocycles. The molecule has 1 aliphatic heterocycles. The van der Waals surface area contributed by atoms with Crippen LogP contribution in [0.2, 0.25) is 5.02 Å². The average molecular weight is 242 g/mol. The molecule has 1 aliphatic rings. The number of hydrogen-bond acceptors (Lipinski definition) is 1. The van der Waals surface area contributed by atoms with Gasteiger partial charge in [0, 0.05) is 0 Å². The standard InChI is InChI=1S/C13H17ClFN/c1-8-7-11(14)13(15)12(9(8)2)10-3-5-16-6-4-10/h7,10,16H,3-6H2,1-2H3. The molecule has 0 atom stereocenters. The Morgan fingerprint density at radius 1 is 1.31 bits per heavy atom. The Morgan fingerprint density at radius 3 is 2.56 bits per heavy atom. The van der Waals surface area contributed by atoms with Crippen molar-refractivity contribution < 1.29 is 4.39 Å². The van der Waals surface area contributed by atoms with Gasteiger partial charge in [-0.1, -0.05) is 11.6 Å². The summed E-state index contributed by atoms with van der Waals surface area (Å²) in [5.74, 6) is 0.107. The number of piperidine rings is 1. The van der Waals surface area contributed by atoms with Crippen molar-refractivity contribution in [2.45, 2.75) is 32.6 Å². The Morgan fingerprint density at radius 2 is 1.94 bits per heavy atom. The third-order valence-corrected chi connectivity index (χ3v) is 3.81. The van der Waals surface area contributed by atoms with E-state index in [-0.39, 0.29) is 10.8 Å². The predicted molar refractivity (Wildman–Crippen MR) is 65.7 cm³/mol. The van der Waals surface area contributed by atoms with E-state index in [1.54, 1.807) is 6.07 Å². The summed E-state index contributed by atoms with van der Waals surface area (Å²) in [5.41, 5.74) is 2.99. The lowest BCUT2D eigenvalue weighted by molar-refractivity contribution is 0.443. The van der Waals surface area contributed by atoms with Gasteiger partial charge >= 0.3 is 0 Å². The van der Waals surface area contributed by atoms with Crippen LogP contribution in [-0.4, -0.2) is 13.1 Å². The zero-order valence-electron chi connectivity index (χ0n) is 9.74. The third kappa shape index (κ3) is 2.09. The second kappa shape index (κ2) is 4.72. The minimum absolute atomic E-state index is 0.211. The van der Waals surface area contributed by atoms with Crippen molar-refractivity contribution >= 4 is 11.6 Å². The molecule has 88 valence electrons. The fourth-order valence-electron chi connectivity index (χ4n) is 2.46. The van der Waals surface area contributed by atoms with Gasteiger partial charge in [0.2, 0.25) is 0 Å². The quantitative estimate of drug-likeness (QED) is 0.793. The number of nitrogens with one attached hydrogen (secondary N) is 1. The Kier molecular flexibility index (Phi) is 3.50. The maximum atomic E-state index is 14.1. The van der Waals surface area contributed by atoms with Crippen molar-refractivity contribution in [2.24, 2.45) is 0 Å². The molecule has 1 aromatic rings. The van der Waals surface area contributed by atoms with E-state index >= 15 is 0 Å². The molecule has 0 spiro atoms. The molecule has 1 N–H and O–H groups in total. The van der Waals surface area contributed by atoms with Crippen LogP contribution in [-0.2, 0) is 0 Å². The third-order valence-electron chi connectivity index (χ3n) is 3.53. The highest BCUT2D eigenvalue weighted by atomic mass is 35.5. The highest BCUT2D eigenvalue weighted by Crippen LogP contribution is 2.34. The number of halogens is 2. The van der Waals surface area contributed by atoms with Gasteiger partial charge in [-0.25, -0.2) is 4.39 Å². The summed E-state index contributed by atoms with van der Waals surface area (Å²) in [4.78, 5) is 0. The van der Waals surface area contributed by atoms with E-state index in [9.17, 15) is 4.39 Å². The second-order valence-electron chi connectivity index (χ2n) is 4.55. The van der Waals surface area contributed by atoms with Gasteiger partial charge in [0.05, 0.1) is 5.02 Å². The normalized spacial score (nSPS) is 17.8. The van der Waals surface area contributed by atoms with Crippen LogP contribution in [0, 0.1) is 19.7 Å². The van der Waals surface area contributed by atoms with Crippen LogP contribution in [0.4, 0.5) is 4.39 Å². The van der Waals surface area contributed by atoms with Crippen molar-refractivity contribution in [3.8, 4) is 0 Å². The Bertz CT molecular complexity index is 371. The van der Waals surface area contributed by atoms with Crippen LogP contribution in [0.25, 0.3) is 0 Å². The van der Waals surface area contributed by atoms with Gasteiger partial charge in [-0.05, 0) is 68.5 Å². The van der Waals surface area contributed by atoms with Gasteiger partial charge in [-0.3, -0.25) is 0 Å². The van der Waals surface area contributed by atoms with E-state index < -0.39 is 0 Å². The lowest BCUT2D eigenvalue weighted by Gasteiger charge is -2.26. The van der Waals surface area contributed by atoms with Gasteiger partial charge < -0.3 is 5.32 Å². The van der Waals surface area contributed by atoms with Crippen molar-refractivity contribution in [1.82, 2.24) is 5.32 Å². The highest BCUT2D eigenvalue weighted by molar-refractivity contribution is 6.30. The largest absolute Gasteiger partial charge is 0.317 e. The molecule has 1 fully saturated rings. The molecule has 1 nitrogen and oxygen atoms in total. The molecule has 0 aliphatic carbocycles. The molecule has 0 saturated carbocycles. The molecule has 1 aromatic carbocycles. The first kappa shape index (κ1) is 11.9. The number of aryl methyl sites for hydroxylation is 1. The minimum atomic E-state index is -0.211. The smallest absolute Gasteiger partial charge is 0.145 e. The van der Waals surface area contributed by atoms with E-state index in [4.69, 9.17) is 11.6 Å². The van der Waals surface area contributed by atoms with Crippen LogP contribution in [0.3, 0.4) is 0 Å². The number of hydrogen-bond donors (Lipinski definition) is 1. The van der Waals surface area contributed by atoms with Crippen molar-refractivity contribution in [2.75, 3.05) is 13.1 Å². The first-order valence-corrected chi connectivity index (χ1v) is 6.15. The summed E-state index contributed by atoms with van der Waals surface area (Å²) >= 11 is 5.92. The average Bonchev–Trinajstić information content (AvgIpc) is 2.28. The Balaban J connectivity index is 2.45. The van der Waals surface area contributed by atoms with Gasteiger partial charge in [0.25, 0.3) is 0 Å². The van der Waals surface area contributed by atoms with Crippen LogP contribution in [0.5, 0.6) is 0 Å². The maximum Gasteiger partial charge on any atom is 0.145 e. The minimum Gasteiger partial charge on any atom is -0.317 e. The molecule has 0 unspecified atom stereocenters. The maximum absolute atomic E-state index is 14.1. The van der Waals surface area contributed by atoms with Crippen LogP contribution in [0.15, 0.2) is 6.07 Å². The molecule has 1 saturated heterocycles.